The Labute approximate surface area is 205 Å². The number of ketones is 1. The number of hydrogen-bond acceptors (Lipinski definition) is 7. The summed E-state index contributed by atoms with van der Waals surface area (Å²) < 4.78 is 11.8. The van der Waals surface area contributed by atoms with Gasteiger partial charge in [0.05, 0.1) is 17.1 Å². The van der Waals surface area contributed by atoms with Crippen LogP contribution in [0, 0.1) is 22.7 Å². The Morgan fingerprint density at radius 1 is 1.17 bits per heavy atom. The van der Waals surface area contributed by atoms with Crippen molar-refractivity contribution in [2.75, 3.05) is 0 Å². The fourth-order valence-corrected chi connectivity index (χ4v) is 8.84. The largest absolute Gasteiger partial charge is 0.455 e. The van der Waals surface area contributed by atoms with Crippen LogP contribution in [-0.4, -0.2) is 62.2 Å². The monoisotopic (exact) mass is 484 g/mol. The van der Waals surface area contributed by atoms with Crippen molar-refractivity contribution >= 4 is 11.8 Å². The van der Waals surface area contributed by atoms with E-state index in [0.717, 1.165) is 5.57 Å². The molecular formula is C28H36O7. The molecule has 6 aliphatic rings. The van der Waals surface area contributed by atoms with Gasteiger partial charge in [-0.1, -0.05) is 18.6 Å². The van der Waals surface area contributed by atoms with E-state index in [2.05, 4.69) is 0 Å². The molecule has 10 atom stereocenters. The fourth-order valence-electron chi connectivity index (χ4n) is 8.84. The third kappa shape index (κ3) is 2.51. The topological polar surface area (TPSA) is 117 Å². The number of aliphatic hydroxyl groups is 3. The molecule has 6 rings (SSSR count). The van der Waals surface area contributed by atoms with Crippen LogP contribution in [0.1, 0.15) is 66.7 Å². The van der Waals surface area contributed by atoms with Crippen LogP contribution in [0.4, 0.5) is 0 Å². The number of hydrogen-bond donors (Lipinski definition) is 3. The number of carbonyl (C=O) groups excluding carboxylic acids is 2. The first-order chi connectivity index (χ1) is 16.2. The van der Waals surface area contributed by atoms with Gasteiger partial charge >= 0.3 is 5.97 Å². The highest BCUT2D eigenvalue weighted by Gasteiger charge is 2.82. The Bertz CT molecular complexity index is 1130. The van der Waals surface area contributed by atoms with E-state index >= 15 is 0 Å². The van der Waals surface area contributed by atoms with Crippen LogP contribution < -0.4 is 0 Å². The van der Waals surface area contributed by atoms with Gasteiger partial charge in [0, 0.05) is 17.4 Å². The second-order valence-corrected chi connectivity index (χ2v) is 12.5. The molecule has 2 saturated carbocycles. The van der Waals surface area contributed by atoms with Gasteiger partial charge in [-0.3, -0.25) is 4.79 Å². The zero-order chi connectivity index (χ0) is 25.3. The van der Waals surface area contributed by atoms with E-state index in [1.165, 1.54) is 6.08 Å². The molecule has 3 fully saturated rings. The maximum absolute atomic E-state index is 13.3. The van der Waals surface area contributed by atoms with Gasteiger partial charge in [-0.05, 0) is 82.9 Å². The second kappa shape index (κ2) is 6.74. The van der Waals surface area contributed by atoms with Gasteiger partial charge < -0.3 is 24.8 Å². The first kappa shape index (κ1) is 23.6. The molecular weight excluding hydrogens is 448 g/mol. The molecule has 190 valence electrons. The van der Waals surface area contributed by atoms with Crippen molar-refractivity contribution in [3.05, 3.63) is 34.9 Å². The number of carbonyl (C=O) groups is 2. The van der Waals surface area contributed by atoms with E-state index in [4.69, 9.17) is 9.47 Å². The number of epoxide rings is 1. The molecule has 0 aromatic heterocycles. The summed E-state index contributed by atoms with van der Waals surface area (Å²) in [5.74, 6) is -0.829. The SMILES string of the molecule is CC1=C(C)C(=O)O[C@@H]([C@](C)(O)C2=CC[C@@]3(O)[C@@H]4C[C@H]5O[C@]56[C@@H](O)C=CC(=O)[C@]6(C)[C@H]4CC[C@]23C)C1. The minimum absolute atomic E-state index is 0.0443. The van der Waals surface area contributed by atoms with Crippen LogP contribution in [0.15, 0.2) is 34.9 Å². The van der Waals surface area contributed by atoms with Gasteiger partial charge in [-0.25, -0.2) is 4.79 Å². The smallest absolute Gasteiger partial charge is 0.334 e. The molecule has 7 nitrogen and oxygen atoms in total. The van der Waals surface area contributed by atoms with Crippen molar-refractivity contribution < 1.29 is 34.4 Å². The summed E-state index contributed by atoms with van der Waals surface area (Å²) in [7, 11) is 0. The first-order valence-corrected chi connectivity index (χ1v) is 12.9. The van der Waals surface area contributed by atoms with E-state index in [9.17, 15) is 24.9 Å². The average Bonchev–Trinajstić information content (AvgIpc) is 3.46. The molecule has 3 N–H and O–H groups in total. The number of fused-ring (bicyclic) bond motifs is 4. The molecule has 0 radical (unpaired) electrons. The molecule has 7 heteroatoms. The molecule has 0 aromatic carbocycles. The van der Waals surface area contributed by atoms with Crippen LogP contribution in [0.25, 0.3) is 0 Å². The molecule has 0 unspecified atom stereocenters. The molecule has 2 heterocycles. The molecule has 1 saturated heterocycles. The number of allylic oxidation sites excluding steroid dienone is 1. The maximum Gasteiger partial charge on any atom is 0.334 e. The summed E-state index contributed by atoms with van der Waals surface area (Å²) in [5.41, 5.74) is -2.98. The molecule has 1 spiro atoms. The quantitative estimate of drug-likeness (QED) is 0.313. The Morgan fingerprint density at radius 3 is 2.57 bits per heavy atom. The molecule has 0 bridgehead atoms. The summed E-state index contributed by atoms with van der Waals surface area (Å²) in [6.45, 7) is 9.23. The van der Waals surface area contributed by atoms with Crippen LogP contribution in [-0.2, 0) is 19.1 Å². The van der Waals surface area contributed by atoms with Gasteiger partial charge in [0.2, 0.25) is 0 Å². The third-order valence-corrected chi connectivity index (χ3v) is 11.2. The Balaban J connectivity index is 1.36. The number of esters is 1. The lowest BCUT2D eigenvalue weighted by Gasteiger charge is -2.61. The third-order valence-electron chi connectivity index (χ3n) is 11.2. The minimum Gasteiger partial charge on any atom is -0.455 e. The number of rotatable bonds is 2. The predicted molar refractivity (Wildman–Crippen MR) is 126 cm³/mol. The van der Waals surface area contributed by atoms with E-state index < -0.39 is 45.8 Å². The van der Waals surface area contributed by atoms with Gasteiger partial charge in [0.15, 0.2) is 5.78 Å². The zero-order valence-corrected chi connectivity index (χ0v) is 21.1. The Kier molecular flexibility index (Phi) is 4.54. The van der Waals surface area contributed by atoms with E-state index in [-0.39, 0.29) is 23.7 Å². The lowest BCUT2D eigenvalue weighted by atomic mass is 9.43. The van der Waals surface area contributed by atoms with Crippen molar-refractivity contribution in [2.45, 2.75) is 102 Å². The molecule has 0 aromatic rings. The normalized spacial score (nSPS) is 52.0. The van der Waals surface area contributed by atoms with Crippen LogP contribution >= 0.6 is 0 Å². The van der Waals surface area contributed by atoms with E-state index in [0.29, 0.717) is 43.3 Å². The fraction of sp³-hybridized carbons (Fsp3) is 0.714. The summed E-state index contributed by atoms with van der Waals surface area (Å²) in [4.78, 5) is 25.7. The van der Waals surface area contributed by atoms with E-state index in [1.807, 2.05) is 26.8 Å². The highest BCUT2D eigenvalue weighted by atomic mass is 16.6. The predicted octanol–water partition coefficient (Wildman–Crippen LogP) is 2.53. The van der Waals surface area contributed by atoms with Crippen molar-refractivity contribution in [1.82, 2.24) is 0 Å². The van der Waals surface area contributed by atoms with E-state index in [1.54, 1.807) is 19.9 Å². The van der Waals surface area contributed by atoms with Crippen molar-refractivity contribution in [2.24, 2.45) is 22.7 Å². The summed E-state index contributed by atoms with van der Waals surface area (Å²) in [5, 5.41) is 35.1. The summed E-state index contributed by atoms with van der Waals surface area (Å²) >= 11 is 0. The first-order valence-electron chi connectivity index (χ1n) is 12.9. The maximum atomic E-state index is 13.3. The standard InChI is InChI=1S/C28H36O7/c1-14-12-21(34-23(31)15(14)2)26(5,32)18-9-11-27(33)17-13-22-28(35-22)20(30)7-6-19(29)25(28,4)16(17)8-10-24(18,27)3/h6-7,9,16-17,20-22,30,32-33H,8,10-13H2,1-5H3/t16-,17+,20-,21+,22+,24+,25-,26+,27+,28+/m0/s1. The van der Waals surface area contributed by atoms with Crippen LogP contribution in [0.3, 0.4) is 0 Å². The molecule has 2 aliphatic heterocycles. The van der Waals surface area contributed by atoms with Crippen molar-refractivity contribution in [3.63, 3.8) is 0 Å². The highest BCUT2D eigenvalue weighted by Crippen LogP contribution is 2.73. The van der Waals surface area contributed by atoms with Gasteiger partial charge in [0.1, 0.15) is 23.4 Å². The lowest BCUT2D eigenvalue weighted by molar-refractivity contribution is -0.194. The average molecular weight is 485 g/mol. The van der Waals surface area contributed by atoms with Gasteiger partial charge in [-0.15, -0.1) is 0 Å². The highest BCUT2D eigenvalue weighted by molar-refractivity contribution is 5.98. The summed E-state index contributed by atoms with van der Waals surface area (Å²) in [6, 6.07) is 0. The molecule has 4 aliphatic carbocycles. The Morgan fingerprint density at radius 2 is 1.89 bits per heavy atom. The number of aliphatic hydroxyl groups excluding tert-OH is 1. The van der Waals surface area contributed by atoms with Crippen LogP contribution in [0.5, 0.6) is 0 Å². The number of ether oxygens (including phenoxy) is 2. The number of cyclic esters (lactones) is 1. The van der Waals surface area contributed by atoms with Crippen molar-refractivity contribution in [3.8, 4) is 0 Å². The minimum atomic E-state index is -1.44. The molecule has 35 heavy (non-hydrogen) atoms. The zero-order valence-electron chi connectivity index (χ0n) is 21.1. The van der Waals surface area contributed by atoms with Crippen LogP contribution in [0.2, 0.25) is 0 Å². The Hall–Kier alpha value is -1.80. The summed E-state index contributed by atoms with van der Waals surface area (Å²) in [6.07, 6.45) is 5.70. The molecule has 0 amide bonds. The van der Waals surface area contributed by atoms with Gasteiger partial charge in [0.25, 0.3) is 0 Å². The lowest BCUT2D eigenvalue weighted by Crippen LogP contribution is -2.68. The van der Waals surface area contributed by atoms with Gasteiger partial charge in [-0.2, -0.15) is 0 Å². The second-order valence-electron chi connectivity index (χ2n) is 12.5. The van der Waals surface area contributed by atoms with Crippen molar-refractivity contribution in [1.29, 1.82) is 0 Å².